The first-order valence-corrected chi connectivity index (χ1v) is 12.3. The van der Waals surface area contributed by atoms with Gasteiger partial charge in [0, 0.05) is 30.1 Å². The fourth-order valence-corrected chi connectivity index (χ4v) is 4.81. The highest BCUT2D eigenvalue weighted by molar-refractivity contribution is 5.78. The molecule has 1 saturated heterocycles. The summed E-state index contributed by atoms with van der Waals surface area (Å²) in [5.74, 6) is 2.34. The summed E-state index contributed by atoms with van der Waals surface area (Å²) in [7, 11) is 0. The van der Waals surface area contributed by atoms with E-state index in [1.165, 1.54) is 38.8 Å². The Bertz CT molecular complexity index is 923. The summed E-state index contributed by atoms with van der Waals surface area (Å²) >= 11 is 0. The number of nitrogens with zero attached hydrogens (tertiary/aromatic N) is 3. The van der Waals surface area contributed by atoms with E-state index in [2.05, 4.69) is 10.2 Å². The SMILES string of the molecule is O=C(NCCN1CCCC1)C1CCc2nc(-c3ccccc3)nc(OCC3CC3)c2CC1. The van der Waals surface area contributed by atoms with Gasteiger partial charge in [0.25, 0.3) is 0 Å². The van der Waals surface area contributed by atoms with Crippen molar-refractivity contribution in [3.05, 3.63) is 41.6 Å². The molecule has 2 heterocycles. The second kappa shape index (κ2) is 9.99. The molecule has 1 saturated carbocycles. The molecule has 0 radical (unpaired) electrons. The molecule has 1 aromatic carbocycles. The number of rotatable bonds is 8. The molecule has 2 aromatic rings. The van der Waals surface area contributed by atoms with Crippen LogP contribution in [0.15, 0.2) is 30.3 Å². The van der Waals surface area contributed by atoms with Gasteiger partial charge in [0.05, 0.1) is 12.3 Å². The van der Waals surface area contributed by atoms with Crippen molar-refractivity contribution in [3.8, 4) is 17.3 Å². The van der Waals surface area contributed by atoms with Crippen molar-refractivity contribution in [3.63, 3.8) is 0 Å². The second-order valence-electron chi connectivity index (χ2n) is 9.51. The van der Waals surface area contributed by atoms with Gasteiger partial charge in [0.2, 0.25) is 11.8 Å². The van der Waals surface area contributed by atoms with Crippen LogP contribution in [0.25, 0.3) is 11.4 Å². The molecule has 2 fully saturated rings. The molecule has 3 aliphatic rings. The third-order valence-corrected chi connectivity index (χ3v) is 7.01. The summed E-state index contributed by atoms with van der Waals surface area (Å²) < 4.78 is 6.21. The molecule has 0 bridgehead atoms. The molecule has 1 unspecified atom stereocenters. The van der Waals surface area contributed by atoms with E-state index < -0.39 is 0 Å². The number of hydrogen-bond acceptors (Lipinski definition) is 5. The lowest BCUT2D eigenvalue weighted by Crippen LogP contribution is -2.37. The Balaban J connectivity index is 1.27. The van der Waals surface area contributed by atoms with E-state index in [4.69, 9.17) is 14.7 Å². The lowest BCUT2D eigenvalue weighted by molar-refractivity contribution is -0.125. The smallest absolute Gasteiger partial charge is 0.223 e. The molecule has 2 aliphatic carbocycles. The zero-order chi connectivity index (χ0) is 21.8. The monoisotopic (exact) mass is 434 g/mol. The van der Waals surface area contributed by atoms with Crippen molar-refractivity contribution in [1.29, 1.82) is 0 Å². The number of likely N-dealkylation sites (tertiary alicyclic amines) is 1. The van der Waals surface area contributed by atoms with Gasteiger partial charge in [0.1, 0.15) is 0 Å². The Morgan fingerprint density at radius 2 is 1.81 bits per heavy atom. The summed E-state index contributed by atoms with van der Waals surface area (Å²) in [5, 5.41) is 3.19. The Hall–Kier alpha value is -2.47. The van der Waals surface area contributed by atoms with Crippen LogP contribution in [0.5, 0.6) is 5.88 Å². The maximum absolute atomic E-state index is 12.9. The number of amides is 1. The highest BCUT2D eigenvalue weighted by atomic mass is 16.5. The van der Waals surface area contributed by atoms with E-state index >= 15 is 0 Å². The topological polar surface area (TPSA) is 67.4 Å². The number of carbonyl (C=O) groups excluding carboxylic acids is 1. The summed E-state index contributed by atoms with van der Waals surface area (Å²) in [6, 6.07) is 10.1. The van der Waals surface area contributed by atoms with Gasteiger partial charge in [-0.05, 0) is 70.4 Å². The molecule has 0 spiro atoms. The van der Waals surface area contributed by atoms with E-state index in [0.717, 1.165) is 73.9 Å². The van der Waals surface area contributed by atoms with Gasteiger partial charge in [-0.2, -0.15) is 4.98 Å². The molecule has 1 atom stereocenters. The van der Waals surface area contributed by atoms with Gasteiger partial charge < -0.3 is 15.0 Å². The van der Waals surface area contributed by atoms with Crippen LogP contribution in [0.3, 0.4) is 0 Å². The summed E-state index contributed by atoms with van der Waals surface area (Å²) in [4.78, 5) is 25.1. The van der Waals surface area contributed by atoms with Gasteiger partial charge in [-0.15, -0.1) is 0 Å². The molecule has 5 rings (SSSR count). The average Bonchev–Trinajstić information content (AvgIpc) is 3.56. The molecule has 170 valence electrons. The zero-order valence-electron chi connectivity index (χ0n) is 18.9. The minimum absolute atomic E-state index is 0.0271. The Morgan fingerprint density at radius 3 is 2.59 bits per heavy atom. The van der Waals surface area contributed by atoms with Gasteiger partial charge in [-0.3, -0.25) is 4.79 Å². The van der Waals surface area contributed by atoms with Crippen molar-refractivity contribution < 1.29 is 9.53 Å². The van der Waals surface area contributed by atoms with Crippen LogP contribution in [-0.2, 0) is 17.6 Å². The highest BCUT2D eigenvalue weighted by Gasteiger charge is 2.28. The van der Waals surface area contributed by atoms with Crippen LogP contribution in [0.4, 0.5) is 0 Å². The van der Waals surface area contributed by atoms with Crippen molar-refractivity contribution in [2.75, 3.05) is 32.8 Å². The van der Waals surface area contributed by atoms with Crippen LogP contribution in [0.2, 0.25) is 0 Å². The van der Waals surface area contributed by atoms with Crippen LogP contribution in [0.1, 0.15) is 49.8 Å². The third-order valence-electron chi connectivity index (χ3n) is 7.01. The third kappa shape index (κ3) is 5.29. The first kappa shape index (κ1) is 21.4. The van der Waals surface area contributed by atoms with Gasteiger partial charge in [0.15, 0.2) is 5.82 Å². The van der Waals surface area contributed by atoms with Crippen molar-refractivity contribution in [2.45, 2.75) is 51.4 Å². The summed E-state index contributed by atoms with van der Waals surface area (Å²) in [6.45, 7) is 4.78. The molecule has 6 heteroatoms. The van der Waals surface area contributed by atoms with Crippen LogP contribution >= 0.6 is 0 Å². The number of carbonyl (C=O) groups is 1. The minimum atomic E-state index is 0.0271. The molecule has 1 N–H and O–H groups in total. The van der Waals surface area contributed by atoms with Gasteiger partial charge in [-0.25, -0.2) is 4.98 Å². The maximum atomic E-state index is 12.9. The Labute approximate surface area is 190 Å². The number of nitrogens with one attached hydrogen (secondary N) is 1. The van der Waals surface area contributed by atoms with Crippen LogP contribution in [-0.4, -0.2) is 53.6 Å². The maximum Gasteiger partial charge on any atom is 0.223 e. The minimum Gasteiger partial charge on any atom is -0.477 e. The molecule has 6 nitrogen and oxygen atoms in total. The second-order valence-corrected chi connectivity index (χ2v) is 9.51. The molecule has 1 amide bonds. The Kier molecular flexibility index (Phi) is 6.67. The molecule has 1 aromatic heterocycles. The zero-order valence-corrected chi connectivity index (χ0v) is 18.9. The first-order valence-electron chi connectivity index (χ1n) is 12.3. The average molecular weight is 435 g/mol. The standard InChI is InChI=1S/C26H34N4O2/c31-25(27-14-17-30-15-4-5-16-30)21-10-12-22-23(13-11-21)28-24(20-6-2-1-3-7-20)29-26(22)32-18-19-8-9-19/h1-3,6-7,19,21H,4-5,8-18H2,(H,27,31). The number of ether oxygens (including phenoxy) is 1. The lowest BCUT2D eigenvalue weighted by Gasteiger charge is -2.17. The largest absolute Gasteiger partial charge is 0.477 e. The normalized spacial score (nSPS) is 21.1. The van der Waals surface area contributed by atoms with Gasteiger partial charge >= 0.3 is 0 Å². The summed E-state index contributed by atoms with van der Waals surface area (Å²) in [5.41, 5.74) is 3.17. The Morgan fingerprint density at radius 1 is 1.03 bits per heavy atom. The van der Waals surface area contributed by atoms with E-state index in [1.54, 1.807) is 0 Å². The first-order chi connectivity index (χ1) is 15.8. The quantitative estimate of drug-likeness (QED) is 0.643. The van der Waals surface area contributed by atoms with E-state index in [0.29, 0.717) is 5.92 Å². The fourth-order valence-electron chi connectivity index (χ4n) is 4.81. The van der Waals surface area contributed by atoms with Crippen molar-refractivity contribution >= 4 is 5.91 Å². The van der Waals surface area contributed by atoms with E-state index in [1.807, 2.05) is 30.3 Å². The molecule has 32 heavy (non-hydrogen) atoms. The highest BCUT2D eigenvalue weighted by Crippen LogP contribution is 2.34. The van der Waals surface area contributed by atoms with E-state index in [9.17, 15) is 4.79 Å². The predicted octanol–water partition coefficient (Wildman–Crippen LogP) is 3.64. The van der Waals surface area contributed by atoms with Gasteiger partial charge in [-0.1, -0.05) is 30.3 Å². The van der Waals surface area contributed by atoms with Crippen molar-refractivity contribution in [1.82, 2.24) is 20.2 Å². The predicted molar refractivity (Wildman–Crippen MR) is 125 cm³/mol. The number of aryl methyl sites for hydroxylation is 1. The molecule has 1 aliphatic heterocycles. The number of aromatic nitrogens is 2. The summed E-state index contributed by atoms with van der Waals surface area (Å²) in [6.07, 6.45) is 8.32. The molecular formula is C26H34N4O2. The van der Waals surface area contributed by atoms with Crippen LogP contribution in [0, 0.1) is 11.8 Å². The lowest BCUT2D eigenvalue weighted by atomic mass is 9.99. The number of hydrogen-bond donors (Lipinski definition) is 1. The fraction of sp³-hybridized carbons (Fsp3) is 0.577. The van der Waals surface area contributed by atoms with E-state index in [-0.39, 0.29) is 11.8 Å². The number of benzene rings is 1. The molecular weight excluding hydrogens is 400 g/mol. The van der Waals surface area contributed by atoms with Crippen molar-refractivity contribution in [2.24, 2.45) is 11.8 Å². The van der Waals surface area contributed by atoms with Crippen LogP contribution < -0.4 is 10.1 Å². The number of fused-ring (bicyclic) bond motifs is 1.